The SMILES string of the molecule is COc1ccccc1NC(=S)NC(=O)CCCCCN1C(=O)c2ccccc2C1=O. The fourth-order valence-corrected chi connectivity index (χ4v) is 3.49. The normalized spacial score (nSPS) is 12.5. The van der Waals surface area contributed by atoms with E-state index < -0.39 is 0 Å². The fourth-order valence-electron chi connectivity index (χ4n) is 3.27. The number of imide groups is 1. The Hall–Kier alpha value is -3.26. The summed E-state index contributed by atoms with van der Waals surface area (Å²) in [6, 6.07) is 14.1. The van der Waals surface area contributed by atoms with Crippen molar-refractivity contribution in [2.45, 2.75) is 25.7 Å². The van der Waals surface area contributed by atoms with Crippen molar-refractivity contribution in [2.75, 3.05) is 19.0 Å². The van der Waals surface area contributed by atoms with Gasteiger partial charge in [0.25, 0.3) is 11.8 Å². The molecule has 2 aromatic carbocycles. The predicted octanol–water partition coefficient (Wildman–Crippen LogP) is 3.36. The smallest absolute Gasteiger partial charge is 0.261 e. The average molecular weight is 426 g/mol. The van der Waals surface area contributed by atoms with Crippen molar-refractivity contribution >= 4 is 40.7 Å². The molecule has 2 N–H and O–H groups in total. The van der Waals surface area contributed by atoms with Gasteiger partial charge in [-0.2, -0.15) is 0 Å². The van der Waals surface area contributed by atoms with E-state index in [9.17, 15) is 14.4 Å². The number of carbonyl (C=O) groups excluding carboxylic acids is 3. The number of benzene rings is 2. The standard InChI is InChI=1S/C22H23N3O4S/c1-29-18-12-7-6-11-17(18)23-22(30)24-19(26)13-3-2-8-14-25-20(27)15-9-4-5-10-16(15)21(25)28/h4-7,9-12H,2-3,8,13-14H2,1H3,(H2,23,24,26,30). The number of nitrogens with one attached hydrogen (secondary N) is 2. The topological polar surface area (TPSA) is 87.7 Å². The van der Waals surface area contributed by atoms with Crippen LogP contribution in [-0.4, -0.2) is 41.4 Å². The molecule has 7 nitrogen and oxygen atoms in total. The number of thiocarbonyl (C=S) groups is 1. The number of anilines is 1. The second-order valence-electron chi connectivity index (χ2n) is 6.82. The molecule has 1 aliphatic rings. The first kappa shape index (κ1) is 21.4. The molecule has 0 fully saturated rings. The molecule has 2 aromatic rings. The van der Waals surface area contributed by atoms with Gasteiger partial charge in [0.1, 0.15) is 5.75 Å². The highest BCUT2D eigenvalue weighted by atomic mass is 32.1. The summed E-state index contributed by atoms with van der Waals surface area (Å²) in [5.74, 6) is -0.0624. The number of rotatable bonds is 8. The number of ether oxygens (including phenoxy) is 1. The van der Waals surface area contributed by atoms with Crippen LogP contribution >= 0.6 is 12.2 Å². The van der Waals surface area contributed by atoms with Crippen molar-refractivity contribution in [2.24, 2.45) is 0 Å². The number of nitrogens with zero attached hydrogens (tertiary/aromatic N) is 1. The van der Waals surface area contributed by atoms with E-state index in [4.69, 9.17) is 17.0 Å². The highest BCUT2D eigenvalue weighted by molar-refractivity contribution is 7.80. The maximum Gasteiger partial charge on any atom is 0.261 e. The van der Waals surface area contributed by atoms with Gasteiger partial charge in [0.05, 0.1) is 23.9 Å². The van der Waals surface area contributed by atoms with Crippen LogP contribution in [0.2, 0.25) is 0 Å². The molecule has 1 aliphatic heterocycles. The van der Waals surface area contributed by atoms with Gasteiger partial charge in [-0.1, -0.05) is 30.7 Å². The minimum Gasteiger partial charge on any atom is -0.495 e. The lowest BCUT2D eigenvalue weighted by Gasteiger charge is -2.14. The Balaban J connectivity index is 1.36. The number of hydrogen-bond acceptors (Lipinski definition) is 5. The number of fused-ring (bicyclic) bond motifs is 1. The molecule has 0 aliphatic carbocycles. The van der Waals surface area contributed by atoms with Crippen molar-refractivity contribution in [1.29, 1.82) is 0 Å². The maximum atomic E-state index is 12.3. The first-order chi connectivity index (χ1) is 14.5. The van der Waals surface area contributed by atoms with Crippen LogP contribution < -0.4 is 15.4 Å². The van der Waals surface area contributed by atoms with Gasteiger partial charge in [-0.15, -0.1) is 0 Å². The Morgan fingerprint density at radius 1 is 0.967 bits per heavy atom. The second kappa shape index (κ2) is 9.98. The molecule has 156 valence electrons. The number of methoxy groups -OCH3 is 1. The van der Waals surface area contributed by atoms with Crippen molar-refractivity contribution in [3.05, 3.63) is 59.7 Å². The zero-order valence-electron chi connectivity index (χ0n) is 16.6. The van der Waals surface area contributed by atoms with Gasteiger partial charge in [-0.3, -0.25) is 19.3 Å². The van der Waals surface area contributed by atoms with Crippen molar-refractivity contribution in [3.63, 3.8) is 0 Å². The van der Waals surface area contributed by atoms with Crippen molar-refractivity contribution < 1.29 is 19.1 Å². The van der Waals surface area contributed by atoms with Crippen LogP contribution in [0, 0.1) is 0 Å². The summed E-state index contributed by atoms with van der Waals surface area (Å²) in [7, 11) is 1.56. The molecular weight excluding hydrogens is 402 g/mol. The van der Waals surface area contributed by atoms with Crippen LogP contribution in [0.25, 0.3) is 0 Å². The van der Waals surface area contributed by atoms with Gasteiger partial charge in [0, 0.05) is 13.0 Å². The molecule has 0 radical (unpaired) electrons. The van der Waals surface area contributed by atoms with Gasteiger partial charge in [0.2, 0.25) is 5.91 Å². The summed E-state index contributed by atoms with van der Waals surface area (Å²) in [5.41, 5.74) is 1.59. The van der Waals surface area contributed by atoms with Crippen LogP contribution in [-0.2, 0) is 4.79 Å². The quantitative estimate of drug-likeness (QED) is 0.383. The number of carbonyl (C=O) groups is 3. The van der Waals surface area contributed by atoms with Crippen molar-refractivity contribution in [3.8, 4) is 5.75 Å². The number of amides is 3. The van der Waals surface area contributed by atoms with Gasteiger partial charge in [-0.05, 0) is 49.3 Å². The molecule has 0 spiro atoms. The van der Waals surface area contributed by atoms with E-state index in [1.165, 1.54) is 4.90 Å². The molecule has 0 unspecified atom stereocenters. The Labute approximate surface area is 180 Å². The molecule has 0 atom stereocenters. The van der Waals surface area contributed by atoms with Crippen molar-refractivity contribution in [1.82, 2.24) is 10.2 Å². The van der Waals surface area contributed by atoms with Gasteiger partial charge in [-0.25, -0.2) is 0 Å². The first-order valence-corrected chi connectivity index (χ1v) is 10.1. The summed E-state index contributed by atoms with van der Waals surface area (Å²) in [6.07, 6.45) is 2.29. The fraction of sp³-hybridized carbons (Fsp3) is 0.273. The molecule has 30 heavy (non-hydrogen) atoms. The predicted molar refractivity (Wildman–Crippen MR) is 118 cm³/mol. The average Bonchev–Trinajstić information content (AvgIpc) is 2.98. The number of hydrogen-bond donors (Lipinski definition) is 2. The van der Waals surface area contributed by atoms with E-state index in [0.29, 0.717) is 54.8 Å². The van der Waals surface area contributed by atoms with E-state index in [2.05, 4.69) is 10.6 Å². The van der Waals surface area contributed by atoms with Crippen LogP contribution in [0.15, 0.2) is 48.5 Å². The van der Waals surface area contributed by atoms with Crippen LogP contribution in [0.1, 0.15) is 46.4 Å². The highest BCUT2D eigenvalue weighted by Crippen LogP contribution is 2.23. The van der Waals surface area contributed by atoms with E-state index in [1.807, 2.05) is 12.1 Å². The van der Waals surface area contributed by atoms with E-state index in [0.717, 1.165) is 0 Å². The number of unbranched alkanes of at least 4 members (excludes halogenated alkanes) is 2. The third-order valence-electron chi connectivity index (χ3n) is 4.77. The highest BCUT2D eigenvalue weighted by Gasteiger charge is 2.34. The summed E-state index contributed by atoms with van der Waals surface area (Å²) in [6.45, 7) is 0.349. The lowest BCUT2D eigenvalue weighted by Crippen LogP contribution is -2.34. The summed E-state index contributed by atoms with van der Waals surface area (Å²) in [4.78, 5) is 38.0. The Morgan fingerprint density at radius 3 is 2.27 bits per heavy atom. The minimum atomic E-state index is -0.249. The third kappa shape index (κ3) is 5.01. The molecule has 3 rings (SSSR count). The summed E-state index contributed by atoms with van der Waals surface area (Å²) < 4.78 is 5.23. The van der Waals surface area contributed by atoms with Gasteiger partial charge in [0.15, 0.2) is 5.11 Å². The van der Waals surface area contributed by atoms with Gasteiger partial charge >= 0.3 is 0 Å². The van der Waals surface area contributed by atoms with Crippen LogP contribution in [0.4, 0.5) is 5.69 Å². The summed E-state index contributed by atoms with van der Waals surface area (Å²) in [5, 5.41) is 5.79. The Bertz CT molecular complexity index is 941. The van der Waals surface area contributed by atoms with E-state index in [-0.39, 0.29) is 22.8 Å². The third-order valence-corrected chi connectivity index (χ3v) is 4.98. The Morgan fingerprint density at radius 2 is 1.60 bits per heavy atom. The summed E-state index contributed by atoms with van der Waals surface area (Å²) >= 11 is 5.17. The van der Waals surface area contributed by atoms with Crippen LogP contribution in [0.3, 0.4) is 0 Å². The lowest BCUT2D eigenvalue weighted by molar-refractivity contribution is -0.119. The van der Waals surface area contributed by atoms with E-state index >= 15 is 0 Å². The minimum absolute atomic E-state index is 0.192. The zero-order valence-corrected chi connectivity index (χ0v) is 17.5. The molecule has 0 saturated heterocycles. The Kier molecular flexibility index (Phi) is 7.13. The molecule has 0 bridgehead atoms. The lowest BCUT2D eigenvalue weighted by atomic mass is 10.1. The second-order valence-corrected chi connectivity index (χ2v) is 7.23. The monoisotopic (exact) mass is 425 g/mol. The zero-order chi connectivity index (χ0) is 21.5. The molecule has 1 heterocycles. The molecule has 8 heteroatoms. The first-order valence-electron chi connectivity index (χ1n) is 9.70. The number of para-hydroxylation sites is 2. The molecule has 0 saturated carbocycles. The molecule has 0 aromatic heterocycles. The maximum absolute atomic E-state index is 12.3. The largest absolute Gasteiger partial charge is 0.495 e. The van der Waals surface area contributed by atoms with E-state index in [1.54, 1.807) is 43.5 Å². The van der Waals surface area contributed by atoms with Crippen LogP contribution in [0.5, 0.6) is 5.75 Å². The molecular formula is C22H23N3O4S. The van der Waals surface area contributed by atoms with Gasteiger partial charge < -0.3 is 15.4 Å². The molecule has 3 amide bonds.